The lowest BCUT2D eigenvalue weighted by Crippen LogP contribution is -2.23. The fourth-order valence-corrected chi connectivity index (χ4v) is 4.20. The Kier molecular flexibility index (Phi) is 5.96. The van der Waals surface area contributed by atoms with E-state index < -0.39 is 0 Å². The minimum absolute atomic E-state index is 0.0802. The fourth-order valence-electron chi connectivity index (χ4n) is 2.23. The van der Waals surface area contributed by atoms with Crippen molar-refractivity contribution in [1.29, 1.82) is 0 Å². The van der Waals surface area contributed by atoms with Gasteiger partial charge >= 0.3 is 0 Å². The normalized spacial score (nSPS) is 10.5. The highest BCUT2D eigenvalue weighted by Gasteiger charge is 2.12. The summed E-state index contributed by atoms with van der Waals surface area (Å²) < 4.78 is 0. The molecule has 0 aliphatic rings. The van der Waals surface area contributed by atoms with Gasteiger partial charge in [0.2, 0.25) is 0 Å². The monoisotopic (exact) mass is 373 g/mol. The number of nitrogens with one attached hydrogen (secondary N) is 1. The van der Waals surface area contributed by atoms with Crippen LogP contribution in [0.4, 0.5) is 0 Å². The number of amides is 1. The predicted octanol–water partition coefficient (Wildman–Crippen LogP) is 5.62. The highest BCUT2D eigenvalue weighted by molar-refractivity contribution is 7.98. The van der Waals surface area contributed by atoms with Gasteiger partial charge in [0, 0.05) is 22.2 Å². The Hall–Kier alpha value is -1.75. The number of thiophene rings is 1. The summed E-state index contributed by atoms with van der Waals surface area (Å²) in [5.74, 6) is 0.779. The van der Waals surface area contributed by atoms with Gasteiger partial charge in [-0.3, -0.25) is 4.79 Å². The first-order valence-corrected chi connectivity index (χ1v) is 9.79. The first-order valence-electron chi connectivity index (χ1n) is 7.48. The average molecular weight is 374 g/mol. The van der Waals surface area contributed by atoms with Crippen LogP contribution in [-0.2, 0) is 12.3 Å². The lowest BCUT2D eigenvalue weighted by molar-refractivity contribution is 0.0948. The molecule has 0 spiro atoms. The van der Waals surface area contributed by atoms with Gasteiger partial charge in [0.15, 0.2) is 0 Å². The van der Waals surface area contributed by atoms with E-state index in [1.807, 2.05) is 48.5 Å². The Morgan fingerprint density at radius 2 is 1.88 bits per heavy atom. The molecule has 1 aromatic heterocycles. The zero-order valence-electron chi connectivity index (χ0n) is 12.9. The second-order valence-electron chi connectivity index (χ2n) is 5.19. The van der Waals surface area contributed by atoms with Crippen LogP contribution in [0.15, 0.2) is 70.3 Å². The molecule has 0 aliphatic carbocycles. The quantitative estimate of drug-likeness (QED) is 0.568. The summed E-state index contributed by atoms with van der Waals surface area (Å²) in [6.07, 6.45) is 0. The molecule has 24 heavy (non-hydrogen) atoms. The Labute approximate surface area is 154 Å². The van der Waals surface area contributed by atoms with Gasteiger partial charge in [0.05, 0.1) is 5.56 Å². The van der Waals surface area contributed by atoms with Crippen LogP contribution in [0.3, 0.4) is 0 Å². The molecule has 1 amide bonds. The molecular weight excluding hydrogens is 358 g/mol. The van der Waals surface area contributed by atoms with Crippen molar-refractivity contribution in [3.05, 3.63) is 87.1 Å². The third kappa shape index (κ3) is 4.41. The molecule has 5 heteroatoms. The van der Waals surface area contributed by atoms with Crippen molar-refractivity contribution in [2.24, 2.45) is 0 Å². The third-order valence-electron chi connectivity index (χ3n) is 3.50. The van der Waals surface area contributed by atoms with Gasteiger partial charge in [0.25, 0.3) is 5.91 Å². The molecule has 0 saturated carbocycles. The zero-order valence-corrected chi connectivity index (χ0v) is 15.3. The van der Waals surface area contributed by atoms with E-state index in [1.54, 1.807) is 23.1 Å². The van der Waals surface area contributed by atoms with Crippen LogP contribution >= 0.6 is 34.7 Å². The molecule has 3 aromatic rings. The molecule has 0 radical (unpaired) electrons. The SMILES string of the molecule is O=C(NCc1ccccc1Cl)c1ccccc1SCc1ccsc1. The highest BCUT2D eigenvalue weighted by atomic mass is 35.5. The molecule has 2 aromatic carbocycles. The highest BCUT2D eigenvalue weighted by Crippen LogP contribution is 2.27. The maximum atomic E-state index is 12.5. The maximum Gasteiger partial charge on any atom is 0.252 e. The number of carbonyl (C=O) groups is 1. The summed E-state index contributed by atoms with van der Waals surface area (Å²) in [4.78, 5) is 13.5. The van der Waals surface area contributed by atoms with Crippen LogP contribution < -0.4 is 5.32 Å². The molecule has 0 bridgehead atoms. The summed E-state index contributed by atoms with van der Waals surface area (Å²) in [7, 11) is 0. The van der Waals surface area contributed by atoms with Crippen molar-refractivity contribution >= 4 is 40.6 Å². The van der Waals surface area contributed by atoms with Crippen molar-refractivity contribution in [2.75, 3.05) is 0 Å². The van der Waals surface area contributed by atoms with Crippen LogP contribution in [-0.4, -0.2) is 5.91 Å². The number of hydrogen-bond acceptors (Lipinski definition) is 3. The minimum Gasteiger partial charge on any atom is -0.348 e. The minimum atomic E-state index is -0.0802. The number of benzene rings is 2. The molecule has 1 heterocycles. The van der Waals surface area contributed by atoms with Crippen molar-refractivity contribution < 1.29 is 4.79 Å². The maximum absolute atomic E-state index is 12.5. The Bertz CT molecular complexity index is 818. The van der Waals surface area contributed by atoms with E-state index in [4.69, 9.17) is 11.6 Å². The van der Waals surface area contributed by atoms with Gasteiger partial charge in [0.1, 0.15) is 0 Å². The van der Waals surface area contributed by atoms with E-state index in [9.17, 15) is 4.79 Å². The number of hydrogen-bond donors (Lipinski definition) is 1. The number of carbonyl (C=O) groups excluding carboxylic acids is 1. The number of halogens is 1. The second kappa shape index (κ2) is 8.38. The summed E-state index contributed by atoms with van der Waals surface area (Å²) in [5, 5.41) is 7.82. The summed E-state index contributed by atoms with van der Waals surface area (Å²) in [6.45, 7) is 0.419. The van der Waals surface area contributed by atoms with Gasteiger partial charge in [-0.15, -0.1) is 11.8 Å². The Morgan fingerprint density at radius 1 is 1.08 bits per heavy atom. The first-order chi connectivity index (χ1) is 11.7. The molecular formula is C19H16ClNOS2. The average Bonchev–Trinajstić information content (AvgIpc) is 3.13. The van der Waals surface area contributed by atoms with Crippen LogP contribution in [0.25, 0.3) is 0 Å². The molecule has 2 nitrogen and oxygen atoms in total. The number of rotatable bonds is 6. The van der Waals surface area contributed by atoms with Crippen molar-refractivity contribution in [3.63, 3.8) is 0 Å². The van der Waals surface area contributed by atoms with E-state index in [0.29, 0.717) is 17.1 Å². The van der Waals surface area contributed by atoms with E-state index in [0.717, 1.165) is 16.2 Å². The molecule has 0 fully saturated rings. The van der Waals surface area contributed by atoms with E-state index in [-0.39, 0.29) is 5.91 Å². The summed E-state index contributed by atoms with van der Waals surface area (Å²) in [5.41, 5.74) is 2.89. The van der Waals surface area contributed by atoms with Crippen molar-refractivity contribution in [1.82, 2.24) is 5.32 Å². The topological polar surface area (TPSA) is 29.1 Å². The van der Waals surface area contributed by atoms with Gasteiger partial charge < -0.3 is 5.32 Å². The Balaban J connectivity index is 1.67. The molecule has 1 N–H and O–H groups in total. The summed E-state index contributed by atoms with van der Waals surface area (Å²) >= 11 is 9.50. The van der Waals surface area contributed by atoms with Crippen LogP contribution in [0.2, 0.25) is 5.02 Å². The first kappa shape index (κ1) is 17.1. The molecule has 0 saturated heterocycles. The lowest BCUT2D eigenvalue weighted by atomic mass is 10.2. The zero-order chi connectivity index (χ0) is 16.8. The van der Waals surface area contributed by atoms with E-state index in [2.05, 4.69) is 22.1 Å². The van der Waals surface area contributed by atoms with E-state index in [1.165, 1.54) is 5.56 Å². The third-order valence-corrected chi connectivity index (χ3v) is 5.75. The van der Waals surface area contributed by atoms with Gasteiger partial charge in [-0.25, -0.2) is 0 Å². The van der Waals surface area contributed by atoms with Gasteiger partial charge in [-0.1, -0.05) is 41.9 Å². The molecule has 0 atom stereocenters. The van der Waals surface area contributed by atoms with Crippen molar-refractivity contribution in [3.8, 4) is 0 Å². The van der Waals surface area contributed by atoms with Crippen LogP contribution in [0, 0.1) is 0 Å². The van der Waals surface area contributed by atoms with Gasteiger partial charge in [-0.05, 0) is 46.2 Å². The standard InChI is InChI=1S/C19H16ClNOS2/c20-17-7-3-1-5-15(17)11-21-19(22)16-6-2-4-8-18(16)24-13-14-9-10-23-12-14/h1-10,12H,11,13H2,(H,21,22). The van der Waals surface area contributed by atoms with Crippen LogP contribution in [0.1, 0.15) is 21.5 Å². The van der Waals surface area contributed by atoms with Gasteiger partial charge in [-0.2, -0.15) is 11.3 Å². The molecule has 0 unspecified atom stereocenters. The largest absolute Gasteiger partial charge is 0.348 e. The smallest absolute Gasteiger partial charge is 0.252 e. The predicted molar refractivity (Wildman–Crippen MR) is 103 cm³/mol. The lowest BCUT2D eigenvalue weighted by Gasteiger charge is -2.10. The second-order valence-corrected chi connectivity index (χ2v) is 7.39. The molecule has 3 rings (SSSR count). The molecule has 0 aliphatic heterocycles. The van der Waals surface area contributed by atoms with Crippen molar-refractivity contribution in [2.45, 2.75) is 17.2 Å². The Morgan fingerprint density at radius 3 is 2.67 bits per heavy atom. The van der Waals surface area contributed by atoms with E-state index >= 15 is 0 Å². The van der Waals surface area contributed by atoms with Crippen LogP contribution in [0.5, 0.6) is 0 Å². The number of thioether (sulfide) groups is 1. The molecule has 122 valence electrons. The fraction of sp³-hybridized carbons (Fsp3) is 0.105. The summed E-state index contributed by atoms with van der Waals surface area (Å²) in [6, 6.07) is 17.3.